The maximum Gasteiger partial charge on any atom is 0.417 e. The van der Waals surface area contributed by atoms with Crippen LogP contribution in [0.1, 0.15) is 51.6 Å². The van der Waals surface area contributed by atoms with E-state index in [-0.39, 0.29) is 11.6 Å². The molecule has 1 unspecified atom stereocenters. The van der Waals surface area contributed by atoms with E-state index in [9.17, 15) is 18.0 Å². The van der Waals surface area contributed by atoms with Gasteiger partial charge in [-0.05, 0) is 56.0 Å². The van der Waals surface area contributed by atoms with Gasteiger partial charge in [-0.1, -0.05) is 23.8 Å². The number of nitrogens with zero attached hydrogens (tertiary/aromatic N) is 2. The molecule has 1 atom stereocenters. The molecule has 2 aromatic carbocycles. The second-order valence-electron chi connectivity index (χ2n) is 7.99. The van der Waals surface area contributed by atoms with E-state index in [1.165, 1.54) is 34.7 Å². The van der Waals surface area contributed by atoms with E-state index in [0.717, 1.165) is 36.5 Å². The fourth-order valence-corrected chi connectivity index (χ4v) is 5.03. The topological polar surface area (TPSA) is 25.2 Å². The van der Waals surface area contributed by atoms with Crippen molar-refractivity contribution in [3.63, 3.8) is 0 Å². The number of hydrogen-bond donors (Lipinski definition) is 0. The minimum atomic E-state index is -4.55. The third-order valence-electron chi connectivity index (χ3n) is 6.25. The van der Waals surface area contributed by atoms with Crippen molar-refractivity contribution in [1.82, 2.24) is 9.47 Å². The molecule has 2 heterocycles. The second-order valence-corrected chi connectivity index (χ2v) is 7.99. The Kier molecular flexibility index (Phi) is 4.02. The number of carbonyl (C=O) groups excluding carboxylic acids is 1. The number of benzene rings is 2. The molecule has 150 valence electrons. The molecule has 1 aromatic heterocycles. The first-order valence-corrected chi connectivity index (χ1v) is 9.95. The minimum Gasteiger partial charge on any atom is -0.341 e. The third-order valence-corrected chi connectivity index (χ3v) is 6.25. The van der Waals surface area contributed by atoms with Crippen molar-refractivity contribution >= 4 is 16.8 Å². The molecule has 0 bridgehead atoms. The van der Waals surface area contributed by atoms with Gasteiger partial charge in [0.25, 0.3) is 5.91 Å². The lowest BCUT2D eigenvalue weighted by atomic mass is 9.89. The monoisotopic (exact) mass is 398 g/mol. The SMILES string of the molecule is Cc1ccc2c(c1)c1c3n2CCN(C(=O)c2ccccc2C(F)(F)F)C3CCC1. The van der Waals surface area contributed by atoms with Gasteiger partial charge < -0.3 is 9.47 Å². The summed E-state index contributed by atoms with van der Waals surface area (Å²) in [5, 5.41) is 1.22. The highest BCUT2D eigenvalue weighted by Crippen LogP contribution is 2.44. The van der Waals surface area contributed by atoms with Crippen molar-refractivity contribution in [2.75, 3.05) is 6.54 Å². The summed E-state index contributed by atoms with van der Waals surface area (Å²) in [5.41, 5.74) is 3.60. The Morgan fingerprint density at radius 2 is 1.90 bits per heavy atom. The highest BCUT2D eigenvalue weighted by molar-refractivity contribution is 5.97. The lowest BCUT2D eigenvalue weighted by molar-refractivity contribution is -0.138. The van der Waals surface area contributed by atoms with Crippen LogP contribution in [0.5, 0.6) is 0 Å². The second kappa shape index (κ2) is 6.37. The van der Waals surface area contributed by atoms with Crippen molar-refractivity contribution < 1.29 is 18.0 Å². The lowest BCUT2D eigenvalue weighted by Gasteiger charge is -2.40. The van der Waals surface area contributed by atoms with Crippen molar-refractivity contribution in [2.45, 2.75) is 44.9 Å². The van der Waals surface area contributed by atoms with Crippen molar-refractivity contribution in [2.24, 2.45) is 0 Å². The molecule has 6 heteroatoms. The van der Waals surface area contributed by atoms with E-state index < -0.39 is 17.6 Å². The van der Waals surface area contributed by atoms with Crippen molar-refractivity contribution in [1.29, 1.82) is 0 Å². The first-order chi connectivity index (χ1) is 13.9. The van der Waals surface area contributed by atoms with Crippen LogP contribution in [0.25, 0.3) is 10.9 Å². The number of carbonyl (C=O) groups is 1. The number of amides is 1. The summed E-state index contributed by atoms with van der Waals surface area (Å²) in [7, 11) is 0. The van der Waals surface area contributed by atoms with Gasteiger partial charge in [0.05, 0.1) is 17.2 Å². The van der Waals surface area contributed by atoms with Gasteiger partial charge in [0.15, 0.2) is 0 Å². The molecule has 0 radical (unpaired) electrons. The molecule has 3 nitrogen and oxygen atoms in total. The Balaban J connectivity index is 1.61. The number of aryl methyl sites for hydroxylation is 2. The summed E-state index contributed by atoms with van der Waals surface area (Å²) in [4.78, 5) is 14.9. The van der Waals surface area contributed by atoms with E-state index in [1.807, 2.05) is 0 Å². The van der Waals surface area contributed by atoms with Crippen LogP contribution in [0.4, 0.5) is 13.2 Å². The van der Waals surface area contributed by atoms with Crippen LogP contribution >= 0.6 is 0 Å². The molecule has 1 amide bonds. The highest BCUT2D eigenvalue weighted by Gasteiger charge is 2.40. The molecule has 1 aliphatic carbocycles. The van der Waals surface area contributed by atoms with Gasteiger partial charge in [0.1, 0.15) is 0 Å². The number of rotatable bonds is 1. The number of halogens is 3. The molecule has 0 fully saturated rings. The molecule has 2 aliphatic rings. The zero-order valence-electron chi connectivity index (χ0n) is 16.1. The van der Waals surface area contributed by atoms with Gasteiger partial charge in [-0.2, -0.15) is 13.2 Å². The summed E-state index contributed by atoms with van der Waals surface area (Å²) >= 11 is 0. The molecule has 0 saturated heterocycles. The average molecular weight is 398 g/mol. The molecule has 5 rings (SSSR count). The predicted octanol–water partition coefficient (Wildman–Crippen LogP) is 5.50. The quantitative estimate of drug-likeness (QED) is 0.531. The third kappa shape index (κ3) is 2.76. The molecular formula is C23H21F3N2O. The lowest BCUT2D eigenvalue weighted by Crippen LogP contribution is -2.43. The minimum absolute atomic E-state index is 0.172. The standard InChI is InChI=1S/C23H21F3N2O/c1-14-9-10-19-17(13-14)15-6-4-8-20-21(15)27(19)11-12-28(20)22(29)16-5-2-3-7-18(16)23(24,25)26/h2-3,5,7,9-10,13,20H,4,6,8,11-12H2,1H3. The van der Waals surface area contributed by atoms with E-state index >= 15 is 0 Å². The summed E-state index contributed by atoms with van der Waals surface area (Å²) in [6.07, 6.45) is -1.90. The largest absolute Gasteiger partial charge is 0.417 e. The van der Waals surface area contributed by atoms with Crippen LogP contribution in [-0.4, -0.2) is 21.9 Å². The maximum atomic E-state index is 13.5. The normalized spacial score (nSPS) is 18.8. The molecule has 29 heavy (non-hydrogen) atoms. The number of hydrogen-bond acceptors (Lipinski definition) is 1. The van der Waals surface area contributed by atoms with E-state index in [1.54, 1.807) is 4.90 Å². The first kappa shape index (κ1) is 18.3. The Hall–Kier alpha value is -2.76. The molecular weight excluding hydrogens is 377 g/mol. The summed E-state index contributed by atoms with van der Waals surface area (Å²) in [6, 6.07) is 11.3. The Bertz CT molecular complexity index is 1130. The van der Waals surface area contributed by atoms with E-state index in [4.69, 9.17) is 0 Å². The van der Waals surface area contributed by atoms with Crippen LogP contribution in [0.2, 0.25) is 0 Å². The van der Waals surface area contributed by atoms with Crippen LogP contribution in [-0.2, 0) is 19.1 Å². The van der Waals surface area contributed by atoms with Gasteiger partial charge in [-0.25, -0.2) is 0 Å². The van der Waals surface area contributed by atoms with Gasteiger partial charge in [-0.3, -0.25) is 4.79 Å². The molecule has 0 spiro atoms. The summed E-state index contributed by atoms with van der Waals surface area (Å²) in [5.74, 6) is -0.525. The van der Waals surface area contributed by atoms with Crippen molar-refractivity contribution in [3.8, 4) is 0 Å². The van der Waals surface area contributed by atoms with Gasteiger partial charge in [0, 0.05) is 29.7 Å². The zero-order chi connectivity index (χ0) is 20.3. The maximum absolute atomic E-state index is 13.5. The van der Waals surface area contributed by atoms with Gasteiger partial charge >= 0.3 is 6.18 Å². The Labute approximate surface area is 166 Å². The van der Waals surface area contributed by atoms with Crippen LogP contribution < -0.4 is 0 Å². The first-order valence-electron chi connectivity index (χ1n) is 9.95. The number of alkyl halides is 3. The molecule has 3 aromatic rings. The average Bonchev–Trinajstić information content (AvgIpc) is 3.02. The molecule has 0 N–H and O–H groups in total. The summed E-state index contributed by atoms with van der Waals surface area (Å²) in [6.45, 7) is 3.08. The van der Waals surface area contributed by atoms with Crippen LogP contribution in [0, 0.1) is 6.92 Å². The van der Waals surface area contributed by atoms with Crippen LogP contribution in [0.3, 0.4) is 0 Å². The fourth-order valence-electron chi connectivity index (χ4n) is 5.03. The van der Waals surface area contributed by atoms with Crippen LogP contribution in [0.15, 0.2) is 42.5 Å². The molecule has 0 saturated carbocycles. The fraction of sp³-hybridized carbons (Fsp3) is 0.348. The Morgan fingerprint density at radius 1 is 1.10 bits per heavy atom. The number of fused-ring (bicyclic) bond motifs is 3. The zero-order valence-corrected chi connectivity index (χ0v) is 16.1. The van der Waals surface area contributed by atoms with Gasteiger partial charge in [0.2, 0.25) is 0 Å². The van der Waals surface area contributed by atoms with E-state index in [2.05, 4.69) is 29.7 Å². The van der Waals surface area contributed by atoms with Crippen molar-refractivity contribution in [3.05, 3.63) is 70.4 Å². The number of aromatic nitrogens is 1. The predicted molar refractivity (Wildman–Crippen MR) is 105 cm³/mol. The Morgan fingerprint density at radius 3 is 2.69 bits per heavy atom. The summed E-state index contributed by atoms with van der Waals surface area (Å²) < 4.78 is 42.7. The van der Waals surface area contributed by atoms with Gasteiger partial charge in [-0.15, -0.1) is 0 Å². The smallest absolute Gasteiger partial charge is 0.341 e. The molecule has 1 aliphatic heterocycles. The highest BCUT2D eigenvalue weighted by atomic mass is 19.4. The van der Waals surface area contributed by atoms with E-state index in [0.29, 0.717) is 13.1 Å².